The lowest BCUT2D eigenvalue weighted by Gasteiger charge is -2.73. The number of carbonyl (C=O) groups is 2. The molecule has 0 aromatic heterocycles. The summed E-state index contributed by atoms with van der Waals surface area (Å²) in [5, 5.41) is 21.9. The minimum Gasteiger partial charge on any atom is -0.450 e. The van der Waals surface area contributed by atoms with Crippen LogP contribution in [0.15, 0.2) is 0 Å². The van der Waals surface area contributed by atoms with Crippen LogP contribution in [0.5, 0.6) is 0 Å². The molecule has 1 aliphatic heterocycles. The van der Waals surface area contributed by atoms with Crippen molar-refractivity contribution in [1.29, 1.82) is 0 Å². The number of fused-ring (bicyclic) bond motifs is 4. The molecule has 12 atom stereocenters. The van der Waals surface area contributed by atoms with Gasteiger partial charge in [0.25, 0.3) is 0 Å². The summed E-state index contributed by atoms with van der Waals surface area (Å²) in [4.78, 5) is 28.3. The Kier molecular flexibility index (Phi) is 4.69. The highest BCUT2D eigenvalue weighted by Gasteiger charge is 2.84. The maximum atomic E-state index is 14.6. The normalized spacial score (nSPS) is 60.7. The van der Waals surface area contributed by atoms with Gasteiger partial charge in [0.05, 0.1) is 17.6 Å². The molecule has 2 bridgehead atoms. The molecule has 5 heteroatoms. The van der Waals surface area contributed by atoms with Gasteiger partial charge in [-0.25, -0.2) is 0 Å². The van der Waals surface area contributed by atoms with E-state index in [-0.39, 0.29) is 46.3 Å². The first-order chi connectivity index (χ1) is 16.1. The maximum Gasteiger partial charge on any atom is 0.313 e. The van der Waals surface area contributed by atoms with Crippen LogP contribution in [0.2, 0.25) is 0 Å². The Morgan fingerprint density at radius 2 is 1.57 bits per heavy atom. The molecular formula is C30H46O5. The van der Waals surface area contributed by atoms with Crippen molar-refractivity contribution in [2.75, 3.05) is 0 Å². The average molecular weight is 487 g/mol. The molecule has 1 spiro atoms. The van der Waals surface area contributed by atoms with E-state index in [2.05, 4.69) is 48.5 Å². The molecule has 6 aliphatic rings. The molecule has 5 saturated carbocycles. The second kappa shape index (κ2) is 6.73. The molecule has 0 radical (unpaired) electrons. The summed E-state index contributed by atoms with van der Waals surface area (Å²) in [6.07, 6.45) is 4.91. The van der Waals surface area contributed by atoms with Gasteiger partial charge in [-0.2, -0.15) is 0 Å². The monoisotopic (exact) mass is 486 g/mol. The Hall–Kier alpha value is -0.940. The number of Topliss-reactive ketones (excluding diaryl/α,β-unsaturated/α-hetero) is 1. The van der Waals surface area contributed by atoms with E-state index >= 15 is 0 Å². The van der Waals surface area contributed by atoms with Gasteiger partial charge in [-0.1, -0.05) is 48.5 Å². The lowest BCUT2D eigenvalue weighted by Crippen LogP contribution is -2.76. The fraction of sp³-hybridized carbons (Fsp3) is 0.933. The highest BCUT2D eigenvalue weighted by atomic mass is 16.6. The van der Waals surface area contributed by atoms with E-state index in [1.165, 1.54) is 0 Å². The molecule has 5 nitrogen and oxygen atoms in total. The molecule has 35 heavy (non-hydrogen) atoms. The minimum absolute atomic E-state index is 0.0315. The van der Waals surface area contributed by atoms with Gasteiger partial charge in [0.1, 0.15) is 0 Å². The Morgan fingerprint density at radius 3 is 2.26 bits per heavy atom. The van der Waals surface area contributed by atoms with Crippen molar-refractivity contribution in [3.8, 4) is 0 Å². The predicted octanol–water partition coefficient (Wildman–Crippen LogP) is 4.91. The van der Waals surface area contributed by atoms with Crippen LogP contribution in [0.4, 0.5) is 0 Å². The van der Waals surface area contributed by atoms with Gasteiger partial charge in [-0.05, 0) is 84.9 Å². The highest BCUT2D eigenvalue weighted by Crippen LogP contribution is 2.80. The lowest BCUT2D eigenvalue weighted by atomic mass is 9.30. The Labute approximate surface area is 210 Å². The van der Waals surface area contributed by atoms with Gasteiger partial charge >= 0.3 is 5.97 Å². The third-order valence-corrected chi connectivity index (χ3v) is 14.1. The number of ether oxygens (including phenoxy) is 1. The first-order valence-corrected chi connectivity index (χ1v) is 14.3. The van der Waals surface area contributed by atoms with Crippen LogP contribution in [0.25, 0.3) is 0 Å². The van der Waals surface area contributed by atoms with Crippen LogP contribution < -0.4 is 0 Å². The second-order valence-corrected chi connectivity index (χ2v) is 15.2. The van der Waals surface area contributed by atoms with Gasteiger partial charge in [0.2, 0.25) is 0 Å². The zero-order valence-electron chi connectivity index (χ0n) is 22.8. The molecule has 196 valence electrons. The largest absolute Gasteiger partial charge is 0.450 e. The second-order valence-electron chi connectivity index (χ2n) is 15.2. The standard InChI is InChI=1S/C30H46O5/c1-16-8-11-29-13-12-28(7)27(6)10-9-19-25(3,4)23(33)18(31)15-26(19,5)20(27)14-21(32)30(28,35-24(29)34)22(29)17(16)2/h16-20,22-23,31,33H,8-15H2,1-7H3/t16-,17+,18-,19+,20-,22-,23-,26+,27-,28+,29+,30+/m1/s1. The summed E-state index contributed by atoms with van der Waals surface area (Å²) in [5.74, 6) is 1.10. The number of hydrogen-bond acceptors (Lipinski definition) is 5. The van der Waals surface area contributed by atoms with Gasteiger partial charge < -0.3 is 14.9 Å². The van der Waals surface area contributed by atoms with Gasteiger partial charge in [-0.15, -0.1) is 0 Å². The Morgan fingerprint density at radius 1 is 0.886 bits per heavy atom. The molecule has 2 N–H and O–H groups in total. The molecule has 0 amide bonds. The van der Waals surface area contributed by atoms with Crippen LogP contribution in [0.3, 0.4) is 0 Å². The van der Waals surface area contributed by atoms with Crippen molar-refractivity contribution in [2.24, 2.45) is 56.7 Å². The van der Waals surface area contributed by atoms with Gasteiger partial charge in [0, 0.05) is 17.8 Å². The van der Waals surface area contributed by atoms with Crippen molar-refractivity contribution in [1.82, 2.24) is 0 Å². The quantitative estimate of drug-likeness (QED) is 0.475. The molecule has 0 unspecified atom stereocenters. The van der Waals surface area contributed by atoms with Crippen LogP contribution in [0, 0.1) is 56.7 Å². The molecule has 1 heterocycles. The molecular weight excluding hydrogens is 440 g/mol. The van der Waals surface area contributed by atoms with Crippen molar-refractivity contribution in [3.05, 3.63) is 0 Å². The number of ketones is 1. The number of carbonyl (C=O) groups excluding carboxylic acids is 2. The Bertz CT molecular complexity index is 989. The maximum absolute atomic E-state index is 14.6. The number of aliphatic hydroxyl groups excluding tert-OH is 2. The Balaban J connectivity index is 1.51. The van der Waals surface area contributed by atoms with E-state index in [9.17, 15) is 19.8 Å². The van der Waals surface area contributed by atoms with E-state index in [0.717, 1.165) is 38.5 Å². The summed E-state index contributed by atoms with van der Waals surface area (Å²) in [6, 6.07) is 0. The average Bonchev–Trinajstić information content (AvgIpc) is 2.99. The fourth-order valence-electron chi connectivity index (χ4n) is 11.9. The van der Waals surface area contributed by atoms with E-state index < -0.39 is 34.1 Å². The van der Waals surface area contributed by atoms with Crippen LogP contribution in [0.1, 0.15) is 99.8 Å². The molecule has 0 aromatic carbocycles. The van der Waals surface area contributed by atoms with E-state index in [0.29, 0.717) is 18.8 Å². The summed E-state index contributed by atoms with van der Waals surface area (Å²) in [5.41, 5.74) is -2.78. The van der Waals surface area contributed by atoms with Crippen molar-refractivity contribution in [3.63, 3.8) is 0 Å². The van der Waals surface area contributed by atoms with Gasteiger partial charge in [-0.3, -0.25) is 9.59 Å². The fourth-order valence-corrected chi connectivity index (χ4v) is 11.9. The molecule has 6 rings (SSSR count). The third kappa shape index (κ3) is 2.37. The number of rotatable bonds is 0. The van der Waals surface area contributed by atoms with Crippen LogP contribution in [-0.2, 0) is 14.3 Å². The molecule has 6 fully saturated rings. The van der Waals surface area contributed by atoms with E-state index in [4.69, 9.17) is 4.74 Å². The minimum atomic E-state index is -1.02. The van der Waals surface area contributed by atoms with Crippen LogP contribution in [-0.4, -0.2) is 39.8 Å². The first-order valence-electron chi connectivity index (χ1n) is 14.3. The highest BCUT2D eigenvalue weighted by molar-refractivity contribution is 5.98. The summed E-state index contributed by atoms with van der Waals surface area (Å²) >= 11 is 0. The summed E-state index contributed by atoms with van der Waals surface area (Å²) in [7, 11) is 0. The number of esters is 1. The molecule has 5 aliphatic carbocycles. The van der Waals surface area contributed by atoms with Gasteiger partial charge in [0.15, 0.2) is 11.4 Å². The predicted molar refractivity (Wildman–Crippen MR) is 132 cm³/mol. The SMILES string of the molecule is C[C@H]1[C@H](C)CC[C@@]23CC[C@@]4(C)[C@]5(C)CC[C@H]6C(C)(C)[C@H](O)[C@H](O)C[C@]6(C)[C@H]5CC(=O)[C@]4(OC2=O)[C@H]13. The summed E-state index contributed by atoms with van der Waals surface area (Å²) in [6.45, 7) is 15.7. The zero-order valence-corrected chi connectivity index (χ0v) is 22.8. The number of aliphatic hydroxyl groups is 2. The van der Waals surface area contributed by atoms with Crippen molar-refractivity contribution < 1.29 is 24.5 Å². The summed E-state index contributed by atoms with van der Waals surface area (Å²) < 4.78 is 6.53. The molecule has 1 saturated heterocycles. The number of hydrogen-bond donors (Lipinski definition) is 2. The lowest BCUT2D eigenvalue weighted by molar-refractivity contribution is -0.281. The third-order valence-electron chi connectivity index (χ3n) is 14.1. The molecule has 0 aromatic rings. The first kappa shape index (κ1) is 24.4. The van der Waals surface area contributed by atoms with Crippen molar-refractivity contribution >= 4 is 11.8 Å². The van der Waals surface area contributed by atoms with Crippen LogP contribution >= 0.6 is 0 Å². The van der Waals surface area contributed by atoms with Crippen molar-refractivity contribution in [2.45, 2.75) is 118 Å². The van der Waals surface area contributed by atoms with E-state index in [1.807, 2.05) is 0 Å². The smallest absolute Gasteiger partial charge is 0.313 e. The zero-order chi connectivity index (χ0) is 25.6. The topological polar surface area (TPSA) is 83.8 Å². The van der Waals surface area contributed by atoms with E-state index in [1.54, 1.807) is 0 Å².